The van der Waals surface area contributed by atoms with E-state index in [9.17, 15) is 4.79 Å². The summed E-state index contributed by atoms with van der Waals surface area (Å²) >= 11 is 0. The van der Waals surface area contributed by atoms with Crippen LogP contribution in [0.15, 0.2) is 140 Å². The SMILES string of the molecule is O=Cc1ccc(OC(c2ccccc2)c2ccccc2)c(OC(c2ccccc2)c2ccccc2)c1. The smallest absolute Gasteiger partial charge is 0.163 e. The van der Waals surface area contributed by atoms with Gasteiger partial charge in [0.1, 0.15) is 18.5 Å². The first kappa shape index (κ1) is 23.1. The Labute approximate surface area is 211 Å². The second-order valence-electron chi connectivity index (χ2n) is 8.46. The maximum atomic E-state index is 11.7. The number of benzene rings is 5. The average molecular weight is 471 g/mol. The van der Waals surface area contributed by atoms with Crippen molar-refractivity contribution in [2.45, 2.75) is 12.2 Å². The van der Waals surface area contributed by atoms with Crippen LogP contribution in [0.3, 0.4) is 0 Å². The Kier molecular flexibility index (Phi) is 7.19. The van der Waals surface area contributed by atoms with Crippen LogP contribution in [0.5, 0.6) is 11.5 Å². The lowest BCUT2D eigenvalue weighted by atomic mass is 10.0. The van der Waals surface area contributed by atoms with E-state index in [1.807, 2.05) is 103 Å². The van der Waals surface area contributed by atoms with Crippen molar-refractivity contribution < 1.29 is 14.3 Å². The van der Waals surface area contributed by atoms with Gasteiger partial charge >= 0.3 is 0 Å². The molecule has 0 aliphatic rings. The number of hydrogen-bond acceptors (Lipinski definition) is 3. The van der Waals surface area contributed by atoms with Crippen molar-refractivity contribution in [3.63, 3.8) is 0 Å². The molecular weight excluding hydrogens is 444 g/mol. The molecule has 3 nitrogen and oxygen atoms in total. The highest BCUT2D eigenvalue weighted by Gasteiger charge is 2.22. The van der Waals surface area contributed by atoms with Crippen molar-refractivity contribution in [2.75, 3.05) is 0 Å². The summed E-state index contributed by atoms with van der Waals surface area (Å²) in [6.07, 6.45) is 0.107. The molecule has 0 aliphatic heterocycles. The van der Waals surface area contributed by atoms with Crippen LogP contribution >= 0.6 is 0 Å². The van der Waals surface area contributed by atoms with Gasteiger partial charge < -0.3 is 9.47 Å². The summed E-state index contributed by atoms with van der Waals surface area (Å²) in [5, 5.41) is 0. The Bertz CT molecular complexity index is 1310. The van der Waals surface area contributed by atoms with Crippen molar-refractivity contribution in [2.24, 2.45) is 0 Å². The largest absolute Gasteiger partial charge is 0.477 e. The molecule has 0 unspecified atom stereocenters. The zero-order chi connectivity index (χ0) is 24.6. The van der Waals surface area contributed by atoms with E-state index >= 15 is 0 Å². The second kappa shape index (κ2) is 11.2. The molecule has 0 aliphatic carbocycles. The van der Waals surface area contributed by atoms with E-state index in [0.717, 1.165) is 28.5 Å². The molecular formula is C33H26O3. The molecule has 176 valence electrons. The highest BCUT2D eigenvalue weighted by molar-refractivity contribution is 5.76. The van der Waals surface area contributed by atoms with Crippen molar-refractivity contribution in [1.82, 2.24) is 0 Å². The molecule has 5 aromatic carbocycles. The van der Waals surface area contributed by atoms with E-state index in [1.165, 1.54) is 0 Å². The summed E-state index contributed by atoms with van der Waals surface area (Å²) in [5.41, 5.74) is 4.59. The highest BCUT2D eigenvalue weighted by atomic mass is 16.5. The first-order chi connectivity index (χ1) is 17.8. The Morgan fingerprint density at radius 1 is 0.444 bits per heavy atom. The van der Waals surface area contributed by atoms with Gasteiger partial charge in [-0.3, -0.25) is 4.79 Å². The third kappa shape index (κ3) is 5.37. The molecule has 0 amide bonds. The standard InChI is InChI=1S/C33H26O3/c34-24-25-21-22-30(35-32(26-13-5-1-6-14-26)27-15-7-2-8-16-27)31(23-25)36-33(28-17-9-3-10-18-28)29-19-11-4-12-20-29/h1-24,32-33H. The predicted molar refractivity (Wildman–Crippen MR) is 143 cm³/mol. The van der Waals surface area contributed by atoms with Crippen molar-refractivity contribution >= 4 is 6.29 Å². The molecule has 0 bridgehead atoms. The molecule has 0 saturated heterocycles. The Hall–Kier alpha value is -4.63. The van der Waals surface area contributed by atoms with Crippen LogP contribution in [0, 0.1) is 0 Å². The number of rotatable bonds is 9. The van der Waals surface area contributed by atoms with Gasteiger partial charge in [-0.2, -0.15) is 0 Å². The van der Waals surface area contributed by atoms with Gasteiger partial charge in [0, 0.05) is 5.56 Å². The second-order valence-corrected chi connectivity index (χ2v) is 8.46. The molecule has 0 fully saturated rings. The lowest BCUT2D eigenvalue weighted by Crippen LogP contribution is -2.13. The number of ether oxygens (including phenoxy) is 2. The van der Waals surface area contributed by atoms with Crippen molar-refractivity contribution in [1.29, 1.82) is 0 Å². The first-order valence-electron chi connectivity index (χ1n) is 11.9. The fraction of sp³-hybridized carbons (Fsp3) is 0.0606. The minimum atomic E-state index is -0.372. The normalized spacial score (nSPS) is 10.8. The lowest BCUT2D eigenvalue weighted by molar-refractivity contribution is 0.112. The van der Waals surface area contributed by atoms with Gasteiger partial charge in [0.25, 0.3) is 0 Å². The fourth-order valence-electron chi connectivity index (χ4n) is 4.21. The number of carbonyl (C=O) groups is 1. The quantitative estimate of drug-likeness (QED) is 0.206. The molecule has 36 heavy (non-hydrogen) atoms. The minimum Gasteiger partial charge on any atom is -0.477 e. The van der Waals surface area contributed by atoms with Gasteiger partial charge in [0.2, 0.25) is 0 Å². The summed E-state index contributed by atoms with van der Waals surface area (Å²) in [4.78, 5) is 11.7. The average Bonchev–Trinajstić information content (AvgIpc) is 2.97. The molecule has 3 heteroatoms. The van der Waals surface area contributed by atoms with Gasteiger partial charge in [-0.05, 0) is 40.5 Å². The van der Waals surface area contributed by atoms with E-state index in [0.29, 0.717) is 17.1 Å². The highest BCUT2D eigenvalue weighted by Crippen LogP contribution is 2.38. The summed E-state index contributed by atoms with van der Waals surface area (Å²) in [6, 6.07) is 45.6. The van der Waals surface area contributed by atoms with Gasteiger partial charge in [0.05, 0.1) is 0 Å². The summed E-state index contributed by atoms with van der Waals surface area (Å²) < 4.78 is 13.3. The zero-order valence-electron chi connectivity index (χ0n) is 19.7. The predicted octanol–water partition coefficient (Wildman–Crippen LogP) is 7.84. The number of aldehydes is 1. The van der Waals surface area contributed by atoms with Crippen LogP contribution in [-0.4, -0.2) is 6.29 Å². The lowest BCUT2D eigenvalue weighted by Gasteiger charge is -2.25. The zero-order valence-corrected chi connectivity index (χ0v) is 19.7. The van der Waals surface area contributed by atoms with Gasteiger partial charge in [-0.15, -0.1) is 0 Å². The maximum Gasteiger partial charge on any atom is 0.163 e. The molecule has 0 saturated carbocycles. The summed E-state index contributed by atoms with van der Waals surface area (Å²) in [7, 11) is 0. The van der Waals surface area contributed by atoms with E-state index in [2.05, 4.69) is 24.3 Å². The fourth-order valence-corrected chi connectivity index (χ4v) is 4.21. The molecule has 0 spiro atoms. The third-order valence-corrected chi connectivity index (χ3v) is 6.00. The Morgan fingerprint density at radius 3 is 1.17 bits per heavy atom. The molecule has 0 aromatic heterocycles. The molecule has 0 atom stereocenters. The van der Waals surface area contributed by atoms with E-state index < -0.39 is 0 Å². The van der Waals surface area contributed by atoms with E-state index in [4.69, 9.17) is 9.47 Å². The van der Waals surface area contributed by atoms with Crippen LogP contribution in [-0.2, 0) is 0 Å². The van der Waals surface area contributed by atoms with Crippen LogP contribution < -0.4 is 9.47 Å². The van der Waals surface area contributed by atoms with Crippen LogP contribution in [0.4, 0.5) is 0 Å². The minimum absolute atomic E-state index is 0.344. The van der Waals surface area contributed by atoms with Gasteiger partial charge in [-0.1, -0.05) is 121 Å². The molecule has 0 radical (unpaired) electrons. The molecule has 0 N–H and O–H groups in total. The van der Waals surface area contributed by atoms with Crippen LogP contribution in [0.25, 0.3) is 0 Å². The van der Waals surface area contributed by atoms with Crippen molar-refractivity contribution in [3.05, 3.63) is 167 Å². The van der Waals surface area contributed by atoms with Crippen LogP contribution in [0.2, 0.25) is 0 Å². The molecule has 5 aromatic rings. The topological polar surface area (TPSA) is 35.5 Å². The van der Waals surface area contributed by atoms with Gasteiger partial charge in [-0.25, -0.2) is 0 Å². The molecule has 0 heterocycles. The van der Waals surface area contributed by atoms with Crippen LogP contribution in [0.1, 0.15) is 44.8 Å². The third-order valence-electron chi connectivity index (χ3n) is 6.00. The number of carbonyl (C=O) groups excluding carboxylic acids is 1. The summed E-state index contributed by atoms with van der Waals surface area (Å²) in [6.45, 7) is 0. The monoisotopic (exact) mass is 470 g/mol. The Balaban J connectivity index is 1.56. The summed E-state index contributed by atoms with van der Waals surface area (Å²) in [5.74, 6) is 1.07. The first-order valence-corrected chi connectivity index (χ1v) is 11.9. The maximum absolute atomic E-state index is 11.7. The van der Waals surface area contributed by atoms with E-state index in [-0.39, 0.29) is 12.2 Å². The van der Waals surface area contributed by atoms with Crippen molar-refractivity contribution in [3.8, 4) is 11.5 Å². The van der Waals surface area contributed by atoms with Gasteiger partial charge in [0.15, 0.2) is 11.5 Å². The Morgan fingerprint density at radius 2 is 0.806 bits per heavy atom. The molecule has 5 rings (SSSR count). The van der Waals surface area contributed by atoms with E-state index in [1.54, 1.807) is 12.1 Å². The number of hydrogen-bond donors (Lipinski definition) is 0.